The van der Waals surface area contributed by atoms with Gasteiger partial charge in [0.25, 0.3) is 0 Å². The average Bonchev–Trinajstić information content (AvgIpc) is 1.83. The first-order chi connectivity index (χ1) is 4.95. The van der Waals surface area contributed by atoms with E-state index >= 15 is 0 Å². The van der Waals surface area contributed by atoms with Crippen LogP contribution in [0.1, 0.15) is 20.8 Å². The lowest BCUT2D eigenvalue weighted by molar-refractivity contribution is 0.239. The molecule has 0 fully saturated rings. The van der Waals surface area contributed by atoms with Crippen molar-refractivity contribution in [3.63, 3.8) is 0 Å². The van der Waals surface area contributed by atoms with Crippen LogP contribution in [0.2, 0.25) is 0 Å². The Balaban J connectivity index is 3.46. The van der Waals surface area contributed by atoms with Gasteiger partial charge in [0.1, 0.15) is 0 Å². The highest BCUT2D eigenvalue weighted by molar-refractivity contribution is 5.73. The average molecular weight is 159 g/mol. The van der Waals surface area contributed by atoms with E-state index in [1.165, 1.54) is 0 Å². The number of hydrogen-bond donors (Lipinski definition) is 3. The number of hydrogen-bond acceptors (Lipinski definition) is 2. The third kappa shape index (κ3) is 7.12. The second-order valence-corrected chi connectivity index (χ2v) is 3.20. The summed E-state index contributed by atoms with van der Waals surface area (Å²) in [6.45, 7) is 6.71. The van der Waals surface area contributed by atoms with Crippen LogP contribution in [0, 0.1) is 0 Å². The number of nitrogens with one attached hydrogen (secondary N) is 2. The van der Waals surface area contributed by atoms with Crippen LogP contribution >= 0.6 is 0 Å². The number of amides is 2. The van der Waals surface area contributed by atoms with Gasteiger partial charge >= 0.3 is 6.03 Å². The Labute approximate surface area is 67.5 Å². The molecule has 0 bridgehead atoms. The number of rotatable bonds is 3. The second kappa shape index (κ2) is 4.18. The summed E-state index contributed by atoms with van der Waals surface area (Å²) < 4.78 is 0. The van der Waals surface area contributed by atoms with E-state index in [1.54, 1.807) is 0 Å². The number of nitrogens with two attached hydrogens (primary N) is 1. The van der Waals surface area contributed by atoms with Crippen molar-refractivity contribution in [3.05, 3.63) is 0 Å². The molecule has 0 spiro atoms. The minimum absolute atomic E-state index is 0.161. The molecule has 4 N–H and O–H groups in total. The maximum absolute atomic E-state index is 10.8. The van der Waals surface area contributed by atoms with E-state index in [1.807, 2.05) is 20.8 Å². The predicted octanol–water partition coefficient (Wildman–Crippen LogP) is 0.0428. The van der Waals surface area contributed by atoms with Gasteiger partial charge in [-0.05, 0) is 20.8 Å². The first kappa shape index (κ1) is 10.2. The van der Waals surface area contributed by atoms with Gasteiger partial charge < -0.3 is 16.4 Å². The smallest absolute Gasteiger partial charge is 0.314 e. The lowest BCUT2D eigenvalue weighted by atomic mass is 10.1. The Morgan fingerprint density at radius 2 is 2.00 bits per heavy atom. The van der Waals surface area contributed by atoms with Gasteiger partial charge in [-0.15, -0.1) is 0 Å². The lowest BCUT2D eigenvalue weighted by Crippen LogP contribution is -2.47. The van der Waals surface area contributed by atoms with Crippen LogP contribution in [0.5, 0.6) is 0 Å². The predicted molar refractivity (Wildman–Crippen MR) is 45.3 cm³/mol. The van der Waals surface area contributed by atoms with Gasteiger partial charge in [0, 0.05) is 18.6 Å². The Kier molecular flexibility index (Phi) is 3.89. The fraction of sp³-hybridized carbons (Fsp3) is 0.857. The summed E-state index contributed by atoms with van der Waals surface area (Å²) in [4.78, 5) is 10.8. The van der Waals surface area contributed by atoms with E-state index in [4.69, 9.17) is 5.73 Å². The summed E-state index contributed by atoms with van der Waals surface area (Å²) in [7, 11) is 0. The summed E-state index contributed by atoms with van der Waals surface area (Å²) in [5.74, 6) is 0. The third-order valence-electron chi connectivity index (χ3n) is 1.04. The van der Waals surface area contributed by atoms with E-state index in [9.17, 15) is 4.79 Å². The maximum atomic E-state index is 10.8. The highest BCUT2D eigenvalue weighted by Gasteiger charge is 2.10. The van der Waals surface area contributed by atoms with Gasteiger partial charge in [-0.25, -0.2) is 4.79 Å². The zero-order valence-corrected chi connectivity index (χ0v) is 7.40. The minimum Gasteiger partial charge on any atom is -0.338 e. The van der Waals surface area contributed by atoms with Crippen molar-refractivity contribution < 1.29 is 4.79 Å². The van der Waals surface area contributed by atoms with Crippen LogP contribution < -0.4 is 16.4 Å². The van der Waals surface area contributed by atoms with Crippen molar-refractivity contribution in [2.75, 3.05) is 13.1 Å². The van der Waals surface area contributed by atoms with Crippen LogP contribution in [-0.2, 0) is 0 Å². The van der Waals surface area contributed by atoms with Crippen molar-refractivity contribution in [2.45, 2.75) is 26.3 Å². The summed E-state index contributed by atoms with van der Waals surface area (Å²) in [6, 6.07) is -0.161. The molecule has 0 aliphatic rings. The molecule has 66 valence electrons. The van der Waals surface area contributed by atoms with Gasteiger partial charge in [-0.3, -0.25) is 0 Å². The van der Waals surface area contributed by atoms with E-state index in [2.05, 4.69) is 10.6 Å². The second-order valence-electron chi connectivity index (χ2n) is 3.20. The maximum Gasteiger partial charge on any atom is 0.314 e. The number of carbonyl (C=O) groups excluding carboxylic acids is 1. The van der Waals surface area contributed by atoms with Gasteiger partial charge in [0.05, 0.1) is 0 Å². The molecule has 0 heterocycles. The molecule has 0 aromatic rings. The van der Waals surface area contributed by atoms with Crippen molar-refractivity contribution in [1.82, 2.24) is 10.6 Å². The Morgan fingerprint density at radius 1 is 1.45 bits per heavy atom. The van der Waals surface area contributed by atoms with E-state index < -0.39 is 0 Å². The molecular formula is C7H17N3O. The first-order valence-corrected chi connectivity index (χ1v) is 3.76. The van der Waals surface area contributed by atoms with Crippen molar-refractivity contribution >= 4 is 6.03 Å². The Bertz CT molecular complexity index is 128. The molecule has 0 unspecified atom stereocenters. The summed E-state index contributed by atoms with van der Waals surface area (Å²) in [5.41, 5.74) is 5.30. The van der Waals surface area contributed by atoms with Crippen molar-refractivity contribution in [1.29, 1.82) is 0 Å². The summed E-state index contributed by atoms with van der Waals surface area (Å²) in [5, 5.41) is 5.26. The molecule has 0 radical (unpaired) electrons. The zero-order chi connectivity index (χ0) is 8.91. The summed E-state index contributed by atoms with van der Waals surface area (Å²) >= 11 is 0. The van der Waals surface area contributed by atoms with Crippen molar-refractivity contribution in [3.8, 4) is 0 Å². The number of urea groups is 1. The minimum atomic E-state index is -0.342. The molecule has 0 aromatic carbocycles. The highest BCUT2D eigenvalue weighted by atomic mass is 16.2. The molecule has 0 aliphatic heterocycles. The quantitative estimate of drug-likeness (QED) is 0.544. The molecule has 0 aromatic heterocycles. The van der Waals surface area contributed by atoms with Crippen LogP contribution in [-0.4, -0.2) is 24.7 Å². The molecule has 0 atom stereocenters. The molecule has 4 heteroatoms. The van der Waals surface area contributed by atoms with E-state index in [0.29, 0.717) is 13.1 Å². The van der Waals surface area contributed by atoms with E-state index in [-0.39, 0.29) is 11.6 Å². The Hall–Kier alpha value is -0.770. The van der Waals surface area contributed by atoms with Crippen LogP contribution in [0.25, 0.3) is 0 Å². The molecule has 2 amide bonds. The monoisotopic (exact) mass is 159 g/mol. The van der Waals surface area contributed by atoms with Gasteiger partial charge in [0.15, 0.2) is 0 Å². The molecule has 4 nitrogen and oxygen atoms in total. The van der Waals surface area contributed by atoms with Crippen LogP contribution in [0.3, 0.4) is 0 Å². The van der Waals surface area contributed by atoms with Gasteiger partial charge in [0.2, 0.25) is 0 Å². The van der Waals surface area contributed by atoms with Gasteiger partial charge in [-0.1, -0.05) is 0 Å². The molecule has 0 saturated heterocycles. The molecule has 0 aliphatic carbocycles. The molecular weight excluding hydrogens is 142 g/mol. The fourth-order valence-corrected chi connectivity index (χ4v) is 0.531. The SMILES string of the molecule is CCNC(=O)NCC(C)(C)N. The highest BCUT2D eigenvalue weighted by Crippen LogP contribution is 1.91. The third-order valence-corrected chi connectivity index (χ3v) is 1.04. The number of carbonyl (C=O) groups is 1. The van der Waals surface area contributed by atoms with Crippen molar-refractivity contribution in [2.24, 2.45) is 5.73 Å². The Morgan fingerprint density at radius 3 is 2.36 bits per heavy atom. The summed E-state index contributed by atoms with van der Waals surface area (Å²) in [6.07, 6.45) is 0. The molecule has 11 heavy (non-hydrogen) atoms. The largest absolute Gasteiger partial charge is 0.338 e. The zero-order valence-electron chi connectivity index (χ0n) is 7.40. The van der Waals surface area contributed by atoms with Crippen LogP contribution in [0.15, 0.2) is 0 Å². The topological polar surface area (TPSA) is 67.2 Å². The van der Waals surface area contributed by atoms with Gasteiger partial charge in [-0.2, -0.15) is 0 Å². The normalized spacial score (nSPS) is 10.9. The molecule has 0 saturated carbocycles. The standard InChI is InChI=1S/C7H17N3O/c1-4-9-6(11)10-5-7(2,3)8/h4-5,8H2,1-3H3,(H2,9,10,11). The van der Waals surface area contributed by atoms with Crippen LogP contribution in [0.4, 0.5) is 4.79 Å². The fourth-order valence-electron chi connectivity index (χ4n) is 0.531. The van der Waals surface area contributed by atoms with E-state index in [0.717, 1.165) is 0 Å². The first-order valence-electron chi connectivity index (χ1n) is 3.76. The molecule has 0 rings (SSSR count). The lowest BCUT2D eigenvalue weighted by Gasteiger charge is -2.18.